The van der Waals surface area contributed by atoms with Gasteiger partial charge in [0.05, 0.1) is 12.8 Å². The summed E-state index contributed by atoms with van der Waals surface area (Å²) in [4.78, 5) is 6.60. The summed E-state index contributed by atoms with van der Waals surface area (Å²) in [5.41, 5.74) is 6.28. The first-order valence-electron chi connectivity index (χ1n) is 11.2. The van der Waals surface area contributed by atoms with Gasteiger partial charge in [-0.3, -0.25) is 0 Å². The van der Waals surface area contributed by atoms with Crippen molar-refractivity contribution in [2.75, 3.05) is 31.4 Å². The number of hydrogen-bond acceptors (Lipinski definition) is 6. The lowest BCUT2D eigenvalue weighted by Gasteiger charge is -2.39. The smallest absolute Gasteiger partial charge is 0.226 e. The second-order valence-electron chi connectivity index (χ2n) is 8.61. The van der Waals surface area contributed by atoms with Crippen LogP contribution in [0.25, 0.3) is 5.70 Å². The normalized spacial score (nSPS) is 18.2. The van der Waals surface area contributed by atoms with Gasteiger partial charge in [0, 0.05) is 36.5 Å². The molecule has 2 aliphatic rings. The molecule has 4 aromatic rings. The zero-order valence-electron chi connectivity index (χ0n) is 19.3. The van der Waals surface area contributed by atoms with Crippen LogP contribution in [0.15, 0.2) is 84.7 Å². The molecule has 0 saturated carbocycles. The third kappa shape index (κ3) is 3.12. The zero-order chi connectivity index (χ0) is 23.2. The molecule has 0 unspecified atom stereocenters. The Labute approximate surface area is 198 Å². The van der Waals surface area contributed by atoms with Crippen LogP contribution in [0.5, 0.6) is 11.5 Å². The van der Waals surface area contributed by atoms with Crippen molar-refractivity contribution in [1.82, 2.24) is 14.8 Å². The number of anilines is 2. The Hall–Kier alpha value is -4.26. The number of rotatable bonds is 4. The maximum absolute atomic E-state index is 6.69. The Morgan fingerprint density at radius 2 is 1.74 bits per heavy atom. The molecule has 2 atom stereocenters. The molecule has 0 spiro atoms. The first-order valence-corrected chi connectivity index (χ1v) is 11.2. The van der Waals surface area contributed by atoms with E-state index in [1.165, 1.54) is 0 Å². The van der Waals surface area contributed by atoms with Gasteiger partial charge in [0.15, 0.2) is 6.10 Å². The minimum Gasteiger partial charge on any atom is -0.496 e. The molecule has 0 saturated heterocycles. The van der Waals surface area contributed by atoms with Crippen LogP contribution in [-0.4, -0.2) is 36.0 Å². The molecule has 3 heterocycles. The summed E-state index contributed by atoms with van der Waals surface area (Å²) in [5.74, 6) is 2.31. The van der Waals surface area contributed by atoms with Gasteiger partial charge in [-0.2, -0.15) is 10.1 Å². The summed E-state index contributed by atoms with van der Waals surface area (Å²) < 4.78 is 14.4. The highest BCUT2D eigenvalue weighted by Crippen LogP contribution is 2.51. The maximum Gasteiger partial charge on any atom is 0.226 e. The van der Waals surface area contributed by atoms with Crippen molar-refractivity contribution in [2.24, 2.45) is 0 Å². The largest absolute Gasteiger partial charge is 0.496 e. The van der Waals surface area contributed by atoms with Crippen LogP contribution in [0.2, 0.25) is 0 Å². The van der Waals surface area contributed by atoms with Crippen molar-refractivity contribution >= 4 is 17.3 Å². The van der Waals surface area contributed by atoms with E-state index in [2.05, 4.69) is 56.7 Å². The summed E-state index contributed by atoms with van der Waals surface area (Å²) in [6.07, 6.45) is 1.22. The van der Waals surface area contributed by atoms with Crippen molar-refractivity contribution in [3.05, 3.63) is 101 Å². The van der Waals surface area contributed by atoms with E-state index < -0.39 is 0 Å². The standard InChI is InChI=1S/C27H25N5O2/c1-31(2)18-14-12-17(13-15-18)25-23-24(30-27-28-16-29-32(25)27)19-8-4-7-11-22(19)34-26(23)20-9-5-6-10-21(20)33-3/h4-16,25-26H,1-3H3,(H,28,29,30)/t25-,26-/m0/s1. The molecule has 0 radical (unpaired) electrons. The fourth-order valence-electron chi connectivity index (χ4n) is 4.83. The molecule has 34 heavy (non-hydrogen) atoms. The van der Waals surface area contributed by atoms with Gasteiger partial charge < -0.3 is 19.7 Å². The monoisotopic (exact) mass is 451 g/mol. The van der Waals surface area contributed by atoms with Crippen LogP contribution in [0.4, 0.5) is 11.6 Å². The summed E-state index contributed by atoms with van der Waals surface area (Å²) in [6.45, 7) is 0. The molecule has 1 aromatic heterocycles. The number of methoxy groups -OCH3 is 1. The highest BCUT2D eigenvalue weighted by molar-refractivity contribution is 5.85. The Kier molecular flexibility index (Phi) is 4.76. The van der Waals surface area contributed by atoms with Crippen molar-refractivity contribution in [2.45, 2.75) is 12.1 Å². The van der Waals surface area contributed by atoms with Crippen LogP contribution in [0, 0.1) is 0 Å². The lowest BCUT2D eigenvalue weighted by Crippen LogP contribution is -2.32. The Morgan fingerprint density at radius 3 is 2.53 bits per heavy atom. The summed E-state index contributed by atoms with van der Waals surface area (Å²) >= 11 is 0. The molecule has 2 aliphatic heterocycles. The number of ether oxygens (including phenoxy) is 2. The van der Waals surface area contributed by atoms with Gasteiger partial charge in [0.25, 0.3) is 0 Å². The number of aromatic nitrogens is 3. The second-order valence-corrected chi connectivity index (χ2v) is 8.61. The molecule has 0 fully saturated rings. The van der Waals surface area contributed by atoms with Crippen molar-refractivity contribution in [3.63, 3.8) is 0 Å². The molecule has 0 aliphatic carbocycles. The van der Waals surface area contributed by atoms with Gasteiger partial charge in [-0.25, -0.2) is 4.68 Å². The lowest BCUT2D eigenvalue weighted by molar-refractivity contribution is 0.217. The van der Waals surface area contributed by atoms with Crippen LogP contribution in [0.1, 0.15) is 28.8 Å². The zero-order valence-corrected chi connectivity index (χ0v) is 19.3. The number of nitrogens with zero attached hydrogens (tertiary/aromatic N) is 4. The minimum atomic E-state index is -0.371. The SMILES string of the molecule is COc1ccccc1[C@@H]1Oc2ccccc2C2=C1[C@H](c1ccc(N(C)C)cc1)n1ncnc1N2. The van der Waals surface area contributed by atoms with Gasteiger partial charge >= 0.3 is 0 Å². The van der Waals surface area contributed by atoms with Crippen molar-refractivity contribution in [3.8, 4) is 11.5 Å². The fraction of sp³-hybridized carbons (Fsp3) is 0.185. The molecular formula is C27H25N5O2. The first kappa shape index (κ1) is 20.4. The second kappa shape index (κ2) is 7.95. The van der Waals surface area contributed by atoms with Crippen molar-refractivity contribution in [1.29, 1.82) is 0 Å². The fourth-order valence-corrected chi connectivity index (χ4v) is 4.83. The van der Waals surface area contributed by atoms with E-state index in [0.29, 0.717) is 5.95 Å². The maximum atomic E-state index is 6.69. The Bertz CT molecular complexity index is 1390. The first-order chi connectivity index (χ1) is 16.7. The van der Waals surface area contributed by atoms with Crippen LogP contribution < -0.4 is 19.7 Å². The van der Waals surface area contributed by atoms with E-state index in [9.17, 15) is 0 Å². The van der Waals surface area contributed by atoms with Gasteiger partial charge in [-0.15, -0.1) is 0 Å². The van der Waals surface area contributed by atoms with E-state index in [1.807, 2.05) is 55.2 Å². The number of hydrogen-bond donors (Lipinski definition) is 1. The summed E-state index contributed by atoms with van der Waals surface area (Å²) in [5, 5.41) is 8.14. The number of nitrogens with one attached hydrogen (secondary N) is 1. The molecule has 0 amide bonds. The van der Waals surface area contributed by atoms with Gasteiger partial charge in [0.1, 0.15) is 23.9 Å². The number of benzene rings is 3. The van der Waals surface area contributed by atoms with E-state index in [1.54, 1.807) is 13.4 Å². The Morgan fingerprint density at radius 1 is 0.971 bits per heavy atom. The van der Waals surface area contributed by atoms with E-state index in [4.69, 9.17) is 9.47 Å². The van der Waals surface area contributed by atoms with Crippen LogP contribution >= 0.6 is 0 Å². The van der Waals surface area contributed by atoms with E-state index in [0.717, 1.165) is 45.1 Å². The van der Waals surface area contributed by atoms with Gasteiger partial charge in [-0.1, -0.05) is 42.5 Å². The van der Waals surface area contributed by atoms with Crippen molar-refractivity contribution < 1.29 is 9.47 Å². The summed E-state index contributed by atoms with van der Waals surface area (Å²) in [7, 11) is 5.77. The highest BCUT2D eigenvalue weighted by atomic mass is 16.5. The number of fused-ring (bicyclic) bond motifs is 3. The average molecular weight is 452 g/mol. The summed E-state index contributed by atoms with van der Waals surface area (Å²) in [6, 6.07) is 24.5. The number of para-hydroxylation sites is 2. The predicted octanol–water partition coefficient (Wildman–Crippen LogP) is 4.91. The molecule has 7 heteroatoms. The molecule has 0 bridgehead atoms. The van der Waals surface area contributed by atoms with Crippen LogP contribution in [-0.2, 0) is 0 Å². The van der Waals surface area contributed by atoms with E-state index in [-0.39, 0.29) is 12.1 Å². The molecule has 1 N–H and O–H groups in total. The molecule has 170 valence electrons. The third-order valence-corrected chi connectivity index (χ3v) is 6.47. The minimum absolute atomic E-state index is 0.201. The predicted molar refractivity (Wildman–Crippen MR) is 132 cm³/mol. The quantitative estimate of drug-likeness (QED) is 0.476. The molecule has 3 aromatic carbocycles. The van der Waals surface area contributed by atoms with Crippen LogP contribution in [0.3, 0.4) is 0 Å². The van der Waals surface area contributed by atoms with Gasteiger partial charge in [0.2, 0.25) is 5.95 Å². The third-order valence-electron chi connectivity index (χ3n) is 6.47. The Balaban J connectivity index is 1.61. The van der Waals surface area contributed by atoms with E-state index >= 15 is 0 Å². The molecular weight excluding hydrogens is 426 g/mol. The lowest BCUT2D eigenvalue weighted by atomic mass is 9.84. The highest BCUT2D eigenvalue weighted by Gasteiger charge is 2.41. The topological polar surface area (TPSA) is 64.4 Å². The van der Waals surface area contributed by atoms with Gasteiger partial charge in [-0.05, 0) is 35.9 Å². The molecule has 7 nitrogen and oxygen atoms in total. The molecule has 6 rings (SSSR count). The average Bonchev–Trinajstić information content (AvgIpc) is 3.35.